The molecule has 4 rings (SSSR count). The molecule has 2 saturated heterocycles. The number of carbonyl (C=O) groups excluding carboxylic acids is 3. The molecule has 2 aliphatic rings. The van der Waals surface area contributed by atoms with Crippen LogP contribution in [0, 0.1) is 10.1 Å². The highest BCUT2D eigenvalue weighted by Gasteiger charge is 2.58. The molecule has 2 aromatic rings. The topological polar surface area (TPSA) is 139 Å². The van der Waals surface area contributed by atoms with E-state index in [1.165, 1.54) is 40.9 Å². The summed E-state index contributed by atoms with van der Waals surface area (Å²) >= 11 is 1.29. The van der Waals surface area contributed by atoms with Crippen LogP contribution >= 0.6 is 11.8 Å². The summed E-state index contributed by atoms with van der Waals surface area (Å²) in [7, 11) is 0. The van der Waals surface area contributed by atoms with Gasteiger partial charge in [-0.15, -0.1) is 11.8 Å². The SMILES string of the molecule is O=C(Cc1ccccc1)N[C@@H]1C(=O)N2C(C(=O)OCc3ccc([N+](=O)[O-])cc3)C(O)CS[C@@H]12. The zero-order valence-corrected chi connectivity index (χ0v) is 18.1. The first-order valence-corrected chi connectivity index (χ1v) is 11.2. The van der Waals surface area contributed by atoms with E-state index >= 15 is 0 Å². The van der Waals surface area contributed by atoms with Crippen LogP contribution < -0.4 is 5.32 Å². The van der Waals surface area contributed by atoms with E-state index in [0.717, 1.165) is 5.56 Å². The summed E-state index contributed by atoms with van der Waals surface area (Å²) < 4.78 is 5.28. The van der Waals surface area contributed by atoms with E-state index in [9.17, 15) is 29.6 Å². The molecule has 172 valence electrons. The van der Waals surface area contributed by atoms with Crippen molar-refractivity contribution in [2.45, 2.75) is 36.6 Å². The van der Waals surface area contributed by atoms with Gasteiger partial charge in [0.1, 0.15) is 18.0 Å². The number of hydrogen-bond donors (Lipinski definition) is 2. The number of aliphatic hydroxyl groups excluding tert-OH is 1. The molecule has 33 heavy (non-hydrogen) atoms. The normalized spacial score (nSPS) is 23.8. The molecule has 2 aromatic carbocycles. The van der Waals surface area contributed by atoms with Gasteiger partial charge < -0.3 is 20.1 Å². The molecule has 2 heterocycles. The smallest absolute Gasteiger partial charge is 0.331 e. The molecule has 4 atom stereocenters. The van der Waals surface area contributed by atoms with Crippen molar-refractivity contribution < 1.29 is 29.2 Å². The lowest BCUT2D eigenvalue weighted by Crippen LogP contribution is -2.76. The average Bonchev–Trinajstić information content (AvgIpc) is 2.81. The quantitative estimate of drug-likeness (QED) is 0.264. The van der Waals surface area contributed by atoms with Crippen molar-refractivity contribution in [3.05, 3.63) is 75.8 Å². The van der Waals surface area contributed by atoms with E-state index in [4.69, 9.17) is 4.74 Å². The van der Waals surface area contributed by atoms with E-state index in [2.05, 4.69) is 5.32 Å². The number of ether oxygens (including phenoxy) is 1. The summed E-state index contributed by atoms with van der Waals surface area (Å²) in [5.41, 5.74) is 1.27. The molecule has 0 bridgehead atoms. The lowest BCUT2D eigenvalue weighted by atomic mass is 9.99. The third-order valence-corrected chi connectivity index (χ3v) is 6.85. The number of nitro benzene ring substituents is 1. The van der Waals surface area contributed by atoms with Crippen molar-refractivity contribution in [1.29, 1.82) is 0 Å². The van der Waals surface area contributed by atoms with Gasteiger partial charge in [0.2, 0.25) is 11.8 Å². The fraction of sp³-hybridized carbons (Fsp3) is 0.318. The molecule has 0 aliphatic carbocycles. The van der Waals surface area contributed by atoms with Gasteiger partial charge in [0, 0.05) is 17.9 Å². The Kier molecular flexibility index (Phi) is 6.61. The number of amides is 2. The Balaban J connectivity index is 1.35. The maximum absolute atomic E-state index is 12.7. The van der Waals surface area contributed by atoms with Crippen molar-refractivity contribution in [2.75, 3.05) is 5.75 Å². The Morgan fingerprint density at radius 3 is 2.52 bits per heavy atom. The molecule has 2 N–H and O–H groups in total. The number of nitrogens with one attached hydrogen (secondary N) is 1. The summed E-state index contributed by atoms with van der Waals surface area (Å²) in [4.78, 5) is 49.2. The number of thioether (sulfide) groups is 1. The number of aliphatic hydroxyl groups is 1. The fourth-order valence-electron chi connectivity index (χ4n) is 3.80. The van der Waals surface area contributed by atoms with Crippen LogP contribution in [-0.2, 0) is 32.1 Å². The van der Waals surface area contributed by atoms with E-state index in [0.29, 0.717) is 5.56 Å². The van der Waals surface area contributed by atoms with Gasteiger partial charge >= 0.3 is 5.97 Å². The van der Waals surface area contributed by atoms with E-state index in [1.807, 2.05) is 30.3 Å². The molecule has 2 aliphatic heterocycles. The van der Waals surface area contributed by atoms with Gasteiger partial charge in [0.05, 0.1) is 17.4 Å². The minimum atomic E-state index is -1.18. The number of fused-ring (bicyclic) bond motifs is 1. The zero-order valence-electron chi connectivity index (χ0n) is 17.3. The third kappa shape index (κ3) is 4.83. The molecule has 0 radical (unpaired) electrons. The number of rotatable bonds is 7. The zero-order chi connectivity index (χ0) is 23.5. The lowest BCUT2D eigenvalue weighted by Gasteiger charge is -2.53. The van der Waals surface area contributed by atoms with E-state index < -0.39 is 40.4 Å². The maximum atomic E-state index is 12.7. The van der Waals surface area contributed by atoms with Crippen LogP contribution in [0.25, 0.3) is 0 Å². The highest BCUT2D eigenvalue weighted by atomic mass is 32.2. The van der Waals surface area contributed by atoms with Gasteiger partial charge in [-0.3, -0.25) is 19.7 Å². The fourth-order valence-corrected chi connectivity index (χ4v) is 5.14. The monoisotopic (exact) mass is 471 g/mol. The molecule has 11 heteroatoms. The number of non-ortho nitro benzene ring substituents is 1. The number of nitrogens with zero attached hydrogens (tertiary/aromatic N) is 2. The summed E-state index contributed by atoms with van der Waals surface area (Å²) in [6.07, 6.45) is -0.980. The maximum Gasteiger partial charge on any atom is 0.331 e. The average molecular weight is 471 g/mol. The van der Waals surface area contributed by atoms with Crippen molar-refractivity contribution in [3.8, 4) is 0 Å². The minimum absolute atomic E-state index is 0.0841. The standard InChI is InChI=1S/C22H21N3O7S/c26-16-12-33-21-18(23-17(27)10-13-4-2-1-3-5-13)20(28)24(21)19(16)22(29)32-11-14-6-8-15(9-7-14)25(30)31/h1-9,16,18-19,21,26H,10-12H2,(H,23,27)/t16?,18-,19?,21+/m1/s1. The van der Waals surface area contributed by atoms with Gasteiger partial charge in [-0.25, -0.2) is 4.79 Å². The van der Waals surface area contributed by atoms with Crippen molar-refractivity contribution >= 4 is 35.2 Å². The number of carbonyl (C=O) groups is 3. The first-order valence-electron chi connectivity index (χ1n) is 10.2. The Morgan fingerprint density at radius 1 is 1.15 bits per heavy atom. The van der Waals surface area contributed by atoms with Gasteiger partial charge in [-0.2, -0.15) is 0 Å². The number of nitro groups is 1. The molecular formula is C22H21N3O7S. The van der Waals surface area contributed by atoms with E-state index in [1.54, 1.807) is 0 Å². The van der Waals surface area contributed by atoms with Crippen LogP contribution in [0.3, 0.4) is 0 Å². The molecule has 10 nitrogen and oxygen atoms in total. The minimum Gasteiger partial charge on any atom is -0.459 e. The predicted octanol–water partition coefficient (Wildman–Crippen LogP) is 1.01. The van der Waals surface area contributed by atoms with Crippen molar-refractivity contribution in [2.24, 2.45) is 0 Å². The largest absolute Gasteiger partial charge is 0.459 e. The van der Waals surface area contributed by atoms with Gasteiger partial charge in [0.25, 0.3) is 5.69 Å². The summed E-state index contributed by atoms with van der Waals surface area (Å²) in [5, 5.41) is 23.3. The van der Waals surface area contributed by atoms with Crippen molar-refractivity contribution in [1.82, 2.24) is 10.2 Å². The van der Waals surface area contributed by atoms with E-state index in [-0.39, 0.29) is 30.4 Å². The van der Waals surface area contributed by atoms with Crippen LogP contribution in [0.1, 0.15) is 11.1 Å². The molecule has 2 fully saturated rings. The molecule has 0 saturated carbocycles. The summed E-state index contributed by atoms with van der Waals surface area (Å²) in [6, 6.07) is 12.7. The Bertz CT molecular complexity index is 1060. The summed E-state index contributed by atoms with van der Waals surface area (Å²) in [5.74, 6) is -1.32. The Hall–Kier alpha value is -3.44. The van der Waals surface area contributed by atoms with Crippen molar-refractivity contribution in [3.63, 3.8) is 0 Å². The van der Waals surface area contributed by atoms with Crippen LogP contribution in [0.4, 0.5) is 5.69 Å². The highest BCUT2D eigenvalue weighted by Crippen LogP contribution is 2.38. The number of esters is 1. The van der Waals surface area contributed by atoms with Gasteiger partial charge in [0.15, 0.2) is 6.04 Å². The first-order chi connectivity index (χ1) is 15.8. The molecule has 2 unspecified atom stereocenters. The summed E-state index contributed by atoms with van der Waals surface area (Å²) in [6.45, 7) is -0.156. The first kappa shape index (κ1) is 22.7. The van der Waals surface area contributed by atoms with Gasteiger partial charge in [-0.05, 0) is 23.3 Å². The highest BCUT2D eigenvalue weighted by molar-refractivity contribution is 8.00. The van der Waals surface area contributed by atoms with Crippen LogP contribution in [0.5, 0.6) is 0 Å². The molecule has 0 spiro atoms. The lowest BCUT2D eigenvalue weighted by molar-refractivity contribution is -0.384. The van der Waals surface area contributed by atoms with Crippen LogP contribution in [0.15, 0.2) is 54.6 Å². The van der Waals surface area contributed by atoms with Gasteiger partial charge in [-0.1, -0.05) is 30.3 Å². The second-order valence-electron chi connectivity index (χ2n) is 7.72. The second kappa shape index (κ2) is 9.59. The second-order valence-corrected chi connectivity index (χ2v) is 8.87. The number of hydrogen-bond acceptors (Lipinski definition) is 8. The Labute approximate surface area is 193 Å². The Morgan fingerprint density at radius 2 is 1.85 bits per heavy atom. The number of β-lactam (4-membered cyclic amide) rings is 1. The van der Waals surface area contributed by atoms with Crippen LogP contribution in [0.2, 0.25) is 0 Å². The molecule has 0 aromatic heterocycles. The predicted molar refractivity (Wildman–Crippen MR) is 118 cm³/mol. The van der Waals surface area contributed by atoms with Crippen LogP contribution in [-0.4, -0.2) is 62.0 Å². The number of benzene rings is 2. The molecule has 2 amide bonds. The molecular weight excluding hydrogens is 450 g/mol. The third-order valence-electron chi connectivity index (χ3n) is 5.48.